The van der Waals surface area contributed by atoms with Crippen molar-refractivity contribution in [3.63, 3.8) is 0 Å². The molecule has 0 radical (unpaired) electrons. The smallest absolute Gasteiger partial charge is 0.408 e. The number of hydrogen-bond donors (Lipinski definition) is 1. The molecule has 2 aliphatic heterocycles. The Morgan fingerprint density at radius 3 is 2.47 bits per heavy atom. The maximum Gasteiger partial charge on any atom is 0.408 e. The zero-order valence-corrected chi connectivity index (χ0v) is 19.8. The van der Waals surface area contributed by atoms with Crippen molar-refractivity contribution in [3.05, 3.63) is 59.7 Å². The number of alkyl carbamates (subject to hydrolysis) is 1. The number of carbonyl (C=O) groups excluding carboxylic acids is 2. The molecule has 0 bridgehead atoms. The topological polar surface area (TPSA) is 95.6 Å². The second-order valence-electron chi connectivity index (χ2n) is 8.70. The number of carbonyl (C=O) groups is 2. The van der Waals surface area contributed by atoms with Gasteiger partial charge in [-0.1, -0.05) is 36.4 Å². The number of nitrogens with zero attached hydrogens (tertiary/aromatic N) is 1. The largest absolute Gasteiger partial charge is 0.493 e. The van der Waals surface area contributed by atoms with E-state index in [1.54, 1.807) is 25.2 Å². The van der Waals surface area contributed by atoms with Crippen LogP contribution < -0.4 is 14.8 Å². The van der Waals surface area contributed by atoms with Crippen LogP contribution in [0.25, 0.3) is 0 Å². The van der Waals surface area contributed by atoms with Gasteiger partial charge in [-0.2, -0.15) is 0 Å². The minimum atomic E-state index is -0.772. The molecule has 2 aliphatic rings. The molecule has 0 saturated carbocycles. The van der Waals surface area contributed by atoms with Crippen molar-refractivity contribution in [3.8, 4) is 11.5 Å². The highest BCUT2D eigenvalue weighted by Crippen LogP contribution is 2.35. The van der Waals surface area contributed by atoms with E-state index in [4.69, 9.17) is 23.7 Å². The lowest BCUT2D eigenvalue weighted by Crippen LogP contribution is -2.74. The summed E-state index contributed by atoms with van der Waals surface area (Å²) in [6.07, 6.45) is -1.05. The molecule has 1 N–H and O–H groups in total. The minimum Gasteiger partial charge on any atom is -0.493 e. The van der Waals surface area contributed by atoms with Crippen LogP contribution in [0.5, 0.6) is 11.5 Å². The summed E-state index contributed by atoms with van der Waals surface area (Å²) in [5.74, 6) is 0.194. The van der Waals surface area contributed by atoms with Crippen molar-refractivity contribution in [2.45, 2.75) is 51.0 Å². The summed E-state index contributed by atoms with van der Waals surface area (Å²) in [4.78, 5) is 27.2. The number of rotatable bonds is 8. The number of hydrogen-bond acceptors (Lipinski definition) is 7. The van der Waals surface area contributed by atoms with Crippen LogP contribution in [-0.4, -0.2) is 61.7 Å². The van der Waals surface area contributed by atoms with Crippen LogP contribution >= 0.6 is 0 Å². The van der Waals surface area contributed by atoms with Gasteiger partial charge in [-0.25, -0.2) is 4.79 Å². The summed E-state index contributed by atoms with van der Waals surface area (Å²) in [6, 6.07) is 13.7. The van der Waals surface area contributed by atoms with Gasteiger partial charge in [0.15, 0.2) is 17.3 Å². The minimum absolute atomic E-state index is 0.115. The summed E-state index contributed by atoms with van der Waals surface area (Å²) in [5.41, 5.74) is 1.72. The molecule has 9 nitrogen and oxygen atoms in total. The molecule has 2 saturated heterocycles. The lowest BCUT2D eigenvalue weighted by molar-refractivity contribution is -0.174. The van der Waals surface area contributed by atoms with Gasteiger partial charge in [0.1, 0.15) is 18.8 Å². The summed E-state index contributed by atoms with van der Waals surface area (Å²) in [5, 5.41) is 2.71. The molecule has 2 aromatic carbocycles. The number of nitrogens with one attached hydrogen (secondary N) is 1. The molecule has 3 atom stereocenters. The first-order valence-electron chi connectivity index (χ1n) is 11.1. The van der Waals surface area contributed by atoms with Gasteiger partial charge in [-0.3, -0.25) is 4.79 Å². The van der Waals surface area contributed by atoms with Crippen molar-refractivity contribution < 1.29 is 33.3 Å². The SMILES string of the molecule is COc1ccc(CN2C(=O)[C@@H](NC(=O)OCc3ccccc3)[C@H]2[C@@H]2COC(C)(C)O2)cc1OC. The highest BCUT2D eigenvalue weighted by atomic mass is 16.7. The van der Waals surface area contributed by atoms with Gasteiger partial charge < -0.3 is 33.9 Å². The van der Waals surface area contributed by atoms with Crippen molar-refractivity contribution >= 4 is 12.0 Å². The van der Waals surface area contributed by atoms with Crippen LogP contribution in [0.3, 0.4) is 0 Å². The standard InChI is InChI=1S/C25H30N2O7/c1-25(2)33-15-20(34-25)22-21(26-24(29)32-14-16-8-6-5-7-9-16)23(28)27(22)13-17-10-11-18(30-3)19(12-17)31-4/h5-12,20-22H,13-15H2,1-4H3,(H,26,29)/t20-,21-,22+/m0/s1. The lowest BCUT2D eigenvalue weighted by atomic mass is 9.89. The van der Waals surface area contributed by atoms with Crippen LogP contribution in [0.1, 0.15) is 25.0 Å². The first-order chi connectivity index (χ1) is 16.3. The number of amides is 2. The van der Waals surface area contributed by atoms with E-state index in [0.717, 1.165) is 11.1 Å². The molecular weight excluding hydrogens is 440 g/mol. The number of benzene rings is 2. The Bertz CT molecular complexity index is 1030. The van der Waals surface area contributed by atoms with Crippen molar-refractivity contribution in [1.29, 1.82) is 0 Å². The third-order valence-corrected chi connectivity index (χ3v) is 5.95. The fraction of sp³-hybridized carbons (Fsp3) is 0.440. The maximum absolute atomic E-state index is 13.1. The van der Waals surface area contributed by atoms with Crippen molar-refractivity contribution in [1.82, 2.24) is 10.2 Å². The Labute approximate surface area is 198 Å². The zero-order valence-electron chi connectivity index (χ0n) is 19.8. The first-order valence-corrected chi connectivity index (χ1v) is 11.1. The van der Waals surface area contributed by atoms with E-state index < -0.39 is 30.1 Å². The second-order valence-corrected chi connectivity index (χ2v) is 8.70. The van der Waals surface area contributed by atoms with Gasteiger partial charge in [0, 0.05) is 6.54 Å². The average Bonchev–Trinajstić information content (AvgIpc) is 3.20. The molecule has 4 rings (SSSR count). The van der Waals surface area contributed by atoms with E-state index >= 15 is 0 Å². The summed E-state index contributed by atoms with van der Waals surface area (Å²) < 4.78 is 27.8. The number of ether oxygens (including phenoxy) is 5. The molecule has 2 heterocycles. The molecule has 0 aliphatic carbocycles. The first kappa shape index (κ1) is 23.8. The highest BCUT2D eigenvalue weighted by Gasteiger charge is 2.55. The van der Waals surface area contributed by atoms with Gasteiger partial charge >= 0.3 is 6.09 Å². The second kappa shape index (κ2) is 9.90. The predicted molar refractivity (Wildman–Crippen MR) is 122 cm³/mol. The maximum atomic E-state index is 13.1. The fourth-order valence-electron chi connectivity index (χ4n) is 4.27. The van der Waals surface area contributed by atoms with E-state index in [9.17, 15) is 9.59 Å². The van der Waals surface area contributed by atoms with Crippen molar-refractivity contribution in [2.75, 3.05) is 20.8 Å². The van der Waals surface area contributed by atoms with E-state index in [-0.39, 0.29) is 12.5 Å². The Morgan fingerprint density at radius 2 is 1.82 bits per heavy atom. The van der Waals surface area contributed by atoms with E-state index in [2.05, 4.69) is 5.32 Å². The summed E-state index contributed by atoms with van der Waals surface area (Å²) in [6.45, 7) is 4.39. The van der Waals surface area contributed by atoms with Gasteiger partial charge in [-0.05, 0) is 37.1 Å². The van der Waals surface area contributed by atoms with Crippen LogP contribution in [0.4, 0.5) is 4.79 Å². The monoisotopic (exact) mass is 470 g/mol. The van der Waals surface area contributed by atoms with Gasteiger partial charge in [-0.15, -0.1) is 0 Å². The molecular formula is C25H30N2O7. The Kier molecular flexibility index (Phi) is 6.95. The normalized spacial score (nSPS) is 23.2. The average molecular weight is 471 g/mol. The summed E-state index contributed by atoms with van der Waals surface area (Å²) >= 11 is 0. The van der Waals surface area contributed by atoms with Gasteiger partial charge in [0.2, 0.25) is 5.91 Å². The lowest BCUT2D eigenvalue weighted by Gasteiger charge is -2.49. The summed E-state index contributed by atoms with van der Waals surface area (Å²) in [7, 11) is 3.13. The van der Waals surface area contributed by atoms with E-state index in [1.807, 2.05) is 56.3 Å². The van der Waals surface area contributed by atoms with Gasteiger partial charge in [0.25, 0.3) is 0 Å². The zero-order chi connectivity index (χ0) is 24.3. The Hall–Kier alpha value is -3.30. The molecule has 2 amide bonds. The molecule has 2 fully saturated rings. The third kappa shape index (κ3) is 5.10. The Balaban J connectivity index is 1.46. The quantitative estimate of drug-likeness (QED) is 0.593. The Morgan fingerprint density at radius 1 is 1.09 bits per heavy atom. The van der Waals surface area contributed by atoms with Crippen molar-refractivity contribution in [2.24, 2.45) is 0 Å². The third-order valence-electron chi connectivity index (χ3n) is 5.95. The van der Waals surface area contributed by atoms with Gasteiger partial charge in [0.05, 0.1) is 26.9 Å². The number of likely N-dealkylation sites (tertiary alicyclic amines) is 1. The number of β-lactam (4-membered cyclic amide) rings is 1. The molecule has 2 aromatic rings. The molecule has 0 aromatic heterocycles. The van der Waals surface area contributed by atoms with Crippen LogP contribution in [0.15, 0.2) is 48.5 Å². The predicted octanol–water partition coefficient (Wildman–Crippen LogP) is 2.86. The number of methoxy groups -OCH3 is 2. The molecule has 0 unspecified atom stereocenters. The molecule has 0 spiro atoms. The molecule has 9 heteroatoms. The van der Waals surface area contributed by atoms with Crippen LogP contribution in [0, 0.1) is 0 Å². The molecule has 182 valence electrons. The van der Waals surface area contributed by atoms with Crippen LogP contribution in [0.2, 0.25) is 0 Å². The van der Waals surface area contributed by atoms with E-state index in [1.165, 1.54) is 0 Å². The van der Waals surface area contributed by atoms with Crippen LogP contribution in [-0.2, 0) is 32.2 Å². The fourth-order valence-corrected chi connectivity index (χ4v) is 4.27. The van der Waals surface area contributed by atoms with E-state index in [0.29, 0.717) is 24.7 Å². The highest BCUT2D eigenvalue weighted by molar-refractivity contribution is 5.92. The molecule has 34 heavy (non-hydrogen) atoms.